The molecule has 36 heavy (non-hydrogen) atoms. The van der Waals surface area contributed by atoms with Gasteiger partial charge in [-0.1, -0.05) is 36.4 Å². The van der Waals surface area contributed by atoms with Gasteiger partial charge in [0.05, 0.1) is 24.3 Å². The highest BCUT2D eigenvalue weighted by atomic mass is 19.4. The quantitative estimate of drug-likeness (QED) is 0.332. The van der Waals surface area contributed by atoms with Gasteiger partial charge in [0.1, 0.15) is 0 Å². The molecule has 1 heterocycles. The number of ether oxygens (including phenoxy) is 1. The summed E-state index contributed by atoms with van der Waals surface area (Å²) in [6, 6.07) is 14.0. The number of rotatable bonds is 10. The zero-order valence-electron chi connectivity index (χ0n) is 19.1. The normalized spacial score (nSPS) is 12.8. The van der Waals surface area contributed by atoms with Crippen LogP contribution in [0, 0.1) is 0 Å². The second-order valence-corrected chi connectivity index (χ2v) is 8.20. The van der Waals surface area contributed by atoms with Crippen LogP contribution in [0.5, 0.6) is 0 Å². The van der Waals surface area contributed by atoms with E-state index in [0.717, 1.165) is 11.1 Å². The largest absolute Gasteiger partial charge is 0.416 e. The lowest BCUT2D eigenvalue weighted by Gasteiger charge is -2.19. The molecule has 0 bridgehead atoms. The van der Waals surface area contributed by atoms with E-state index >= 15 is 0 Å². The van der Waals surface area contributed by atoms with Gasteiger partial charge in [0.15, 0.2) is 0 Å². The number of nitrogens with zero attached hydrogens (tertiary/aromatic N) is 1. The number of pyridine rings is 1. The number of benzene rings is 2. The number of halogens is 6. The number of hydrogen-bond donors (Lipinski definition) is 1. The molecule has 0 spiro atoms. The molecule has 0 radical (unpaired) electrons. The van der Waals surface area contributed by atoms with Crippen molar-refractivity contribution in [2.45, 2.75) is 37.7 Å². The average molecular weight is 510 g/mol. The number of nitrogens with one attached hydrogen (secondary N) is 1. The maximum absolute atomic E-state index is 13.1. The topological polar surface area (TPSA) is 51.2 Å². The van der Waals surface area contributed by atoms with Gasteiger partial charge in [0.25, 0.3) is 0 Å². The Morgan fingerprint density at radius 1 is 0.889 bits per heavy atom. The zero-order valence-corrected chi connectivity index (χ0v) is 19.1. The first-order chi connectivity index (χ1) is 17.0. The van der Waals surface area contributed by atoms with Crippen LogP contribution in [0.3, 0.4) is 0 Å². The summed E-state index contributed by atoms with van der Waals surface area (Å²) in [5.41, 5.74) is -1.31. The molecule has 0 saturated carbocycles. The van der Waals surface area contributed by atoms with Crippen LogP contribution in [0.4, 0.5) is 26.3 Å². The van der Waals surface area contributed by atoms with E-state index in [9.17, 15) is 31.1 Å². The summed E-state index contributed by atoms with van der Waals surface area (Å²) in [7, 11) is 0. The van der Waals surface area contributed by atoms with Gasteiger partial charge in [-0.15, -0.1) is 0 Å². The Morgan fingerprint density at radius 3 is 2.14 bits per heavy atom. The highest BCUT2D eigenvalue weighted by molar-refractivity contribution is 5.76. The molecule has 1 amide bonds. The number of alkyl halides is 6. The van der Waals surface area contributed by atoms with Crippen LogP contribution in [0.15, 0.2) is 73.1 Å². The number of carbonyl (C=O) groups excluding carboxylic acids is 1. The second-order valence-electron chi connectivity index (χ2n) is 8.20. The summed E-state index contributed by atoms with van der Waals surface area (Å²) < 4.78 is 84.2. The summed E-state index contributed by atoms with van der Waals surface area (Å²) in [4.78, 5) is 16.3. The molecule has 1 atom stereocenters. The van der Waals surface area contributed by atoms with Crippen LogP contribution in [0.1, 0.15) is 40.2 Å². The van der Waals surface area contributed by atoms with E-state index < -0.39 is 30.1 Å². The fourth-order valence-corrected chi connectivity index (χ4v) is 3.55. The summed E-state index contributed by atoms with van der Waals surface area (Å²) in [5, 5.41) is 2.82. The predicted octanol–water partition coefficient (Wildman–Crippen LogP) is 6.17. The Labute approximate surface area is 204 Å². The number of carbonyl (C=O) groups is 1. The van der Waals surface area contributed by atoms with E-state index in [1.54, 1.807) is 36.7 Å². The van der Waals surface area contributed by atoms with Crippen molar-refractivity contribution in [2.24, 2.45) is 0 Å². The number of amides is 1. The third-order valence-electron chi connectivity index (χ3n) is 5.42. The van der Waals surface area contributed by atoms with Crippen LogP contribution in [0.2, 0.25) is 0 Å². The highest BCUT2D eigenvalue weighted by Crippen LogP contribution is 2.36. The van der Waals surface area contributed by atoms with Crippen molar-refractivity contribution in [2.75, 3.05) is 13.2 Å². The molecule has 4 nitrogen and oxygen atoms in total. The van der Waals surface area contributed by atoms with Gasteiger partial charge in [-0.25, -0.2) is 0 Å². The Morgan fingerprint density at radius 2 is 1.56 bits per heavy atom. The molecule has 2 aromatic carbocycles. The standard InChI is InChI=1S/C26H24F6N2O2/c27-25(28,29)22-11-19(12-23(13-22)26(30,31)32)16-36-17-21(20-6-2-1-3-7-20)15-34-24(35)9-8-18-5-4-10-33-14-18/h1-7,10-14,21H,8-9,15-17H2,(H,34,35). The van der Waals surface area contributed by atoms with Crippen LogP contribution in [-0.2, 0) is 34.9 Å². The van der Waals surface area contributed by atoms with Gasteiger partial charge < -0.3 is 10.1 Å². The molecule has 0 aliphatic rings. The maximum atomic E-state index is 13.1. The van der Waals surface area contributed by atoms with E-state index in [1.807, 2.05) is 18.2 Å². The number of aromatic nitrogens is 1. The van der Waals surface area contributed by atoms with Gasteiger partial charge in [-0.05, 0) is 47.4 Å². The Balaban J connectivity index is 1.63. The number of aryl methyl sites for hydroxylation is 1. The predicted molar refractivity (Wildman–Crippen MR) is 121 cm³/mol. The third kappa shape index (κ3) is 8.37. The summed E-state index contributed by atoms with van der Waals surface area (Å²) in [5.74, 6) is -0.561. The van der Waals surface area contributed by atoms with E-state index in [4.69, 9.17) is 4.74 Å². The van der Waals surface area contributed by atoms with Gasteiger partial charge >= 0.3 is 12.4 Å². The minimum atomic E-state index is -4.93. The molecule has 3 aromatic rings. The summed E-state index contributed by atoms with van der Waals surface area (Å²) in [6.45, 7) is -0.290. The molecule has 192 valence electrons. The molecule has 10 heteroatoms. The average Bonchev–Trinajstić information content (AvgIpc) is 2.84. The Bertz CT molecular complexity index is 1090. The molecule has 0 aliphatic heterocycles. The highest BCUT2D eigenvalue weighted by Gasteiger charge is 2.36. The van der Waals surface area contributed by atoms with Crippen LogP contribution in [-0.4, -0.2) is 24.0 Å². The van der Waals surface area contributed by atoms with E-state index in [0.29, 0.717) is 18.6 Å². The van der Waals surface area contributed by atoms with Crippen molar-refractivity contribution >= 4 is 5.91 Å². The minimum absolute atomic E-state index is 0.0233. The molecule has 1 N–H and O–H groups in total. The van der Waals surface area contributed by atoms with Crippen LogP contribution >= 0.6 is 0 Å². The molecular formula is C26H24F6N2O2. The Kier molecular flexibility index (Phi) is 9.08. The first kappa shape index (κ1) is 27.2. The van der Waals surface area contributed by atoms with Crippen molar-refractivity contribution < 1.29 is 35.9 Å². The van der Waals surface area contributed by atoms with E-state index in [2.05, 4.69) is 10.3 Å². The minimum Gasteiger partial charge on any atom is -0.376 e. The zero-order chi connectivity index (χ0) is 26.2. The van der Waals surface area contributed by atoms with Gasteiger partial charge in [0, 0.05) is 31.3 Å². The van der Waals surface area contributed by atoms with Crippen molar-refractivity contribution in [3.8, 4) is 0 Å². The summed E-state index contributed by atoms with van der Waals surface area (Å²) in [6.07, 6.45) is -5.81. The van der Waals surface area contributed by atoms with Crippen molar-refractivity contribution in [1.29, 1.82) is 0 Å². The van der Waals surface area contributed by atoms with Gasteiger partial charge in [-0.3, -0.25) is 9.78 Å². The molecule has 0 fully saturated rings. The first-order valence-corrected chi connectivity index (χ1v) is 11.1. The molecule has 0 saturated heterocycles. The van der Waals surface area contributed by atoms with Crippen LogP contribution in [0.25, 0.3) is 0 Å². The van der Waals surface area contributed by atoms with E-state index in [1.165, 1.54) is 0 Å². The number of hydrogen-bond acceptors (Lipinski definition) is 3. The first-order valence-electron chi connectivity index (χ1n) is 11.1. The fraction of sp³-hybridized carbons (Fsp3) is 0.308. The van der Waals surface area contributed by atoms with Gasteiger partial charge in [0.2, 0.25) is 5.91 Å². The Hall–Kier alpha value is -3.40. The van der Waals surface area contributed by atoms with Crippen molar-refractivity contribution in [3.63, 3.8) is 0 Å². The molecule has 3 rings (SSSR count). The maximum Gasteiger partial charge on any atom is 0.416 e. The smallest absolute Gasteiger partial charge is 0.376 e. The molecule has 1 aromatic heterocycles. The third-order valence-corrected chi connectivity index (χ3v) is 5.42. The SMILES string of the molecule is O=C(CCc1cccnc1)NCC(COCc1cc(C(F)(F)F)cc(C(F)(F)F)c1)c1ccccc1. The summed E-state index contributed by atoms with van der Waals surface area (Å²) >= 11 is 0. The van der Waals surface area contributed by atoms with Gasteiger partial charge in [-0.2, -0.15) is 26.3 Å². The lowest BCUT2D eigenvalue weighted by atomic mass is 9.99. The lowest BCUT2D eigenvalue weighted by Crippen LogP contribution is -2.30. The monoisotopic (exact) mass is 510 g/mol. The molecular weight excluding hydrogens is 486 g/mol. The molecule has 1 unspecified atom stereocenters. The van der Waals surface area contributed by atoms with Crippen molar-refractivity contribution in [1.82, 2.24) is 10.3 Å². The van der Waals surface area contributed by atoms with Crippen molar-refractivity contribution in [3.05, 3.63) is 101 Å². The second kappa shape index (κ2) is 12.0. The van der Waals surface area contributed by atoms with E-state index in [-0.39, 0.29) is 43.0 Å². The molecule has 0 aliphatic carbocycles. The lowest BCUT2D eigenvalue weighted by molar-refractivity contribution is -0.143. The van der Waals surface area contributed by atoms with Crippen LogP contribution < -0.4 is 5.32 Å². The fourth-order valence-electron chi connectivity index (χ4n) is 3.55.